The Morgan fingerprint density at radius 2 is 2.00 bits per heavy atom. The number of aryl methyl sites for hydroxylation is 1. The number of rotatable bonds is 3. The number of hydrogen-bond acceptors (Lipinski definition) is 1. The highest BCUT2D eigenvalue weighted by molar-refractivity contribution is 5.23. The Labute approximate surface area is 73.4 Å². The van der Waals surface area contributed by atoms with E-state index in [4.69, 9.17) is 0 Å². The van der Waals surface area contributed by atoms with Crippen LogP contribution in [0.1, 0.15) is 23.7 Å². The molecule has 0 fully saturated rings. The van der Waals surface area contributed by atoms with Crippen molar-refractivity contribution in [3.8, 4) is 0 Å². The lowest BCUT2D eigenvalue weighted by Crippen LogP contribution is -1.94. The van der Waals surface area contributed by atoms with Gasteiger partial charge in [0.25, 0.3) is 0 Å². The summed E-state index contributed by atoms with van der Waals surface area (Å²) in [5.74, 6) is 0. The minimum absolute atomic E-state index is 0.400. The fourth-order valence-corrected chi connectivity index (χ4v) is 1.08. The minimum atomic E-state index is -0.400. The zero-order valence-electron chi connectivity index (χ0n) is 7.33. The zero-order chi connectivity index (χ0) is 8.97. The van der Waals surface area contributed by atoms with Gasteiger partial charge in [-0.3, -0.25) is 0 Å². The van der Waals surface area contributed by atoms with E-state index >= 15 is 0 Å². The first-order valence-corrected chi connectivity index (χ1v) is 4.09. The van der Waals surface area contributed by atoms with Crippen molar-refractivity contribution in [2.75, 3.05) is 0 Å². The van der Waals surface area contributed by atoms with Gasteiger partial charge in [-0.15, -0.1) is 6.58 Å². The van der Waals surface area contributed by atoms with Crippen LogP contribution in [0.15, 0.2) is 36.9 Å². The van der Waals surface area contributed by atoms with E-state index in [0.29, 0.717) is 6.42 Å². The summed E-state index contributed by atoms with van der Waals surface area (Å²) in [6.07, 6.45) is 1.94. The van der Waals surface area contributed by atoms with Crippen LogP contribution in [0, 0.1) is 6.92 Å². The number of benzene rings is 1. The molecule has 0 saturated heterocycles. The molecule has 12 heavy (non-hydrogen) atoms. The van der Waals surface area contributed by atoms with Crippen molar-refractivity contribution < 1.29 is 5.11 Å². The van der Waals surface area contributed by atoms with Crippen LogP contribution >= 0.6 is 0 Å². The number of hydrogen-bond donors (Lipinski definition) is 1. The highest BCUT2D eigenvalue weighted by Gasteiger charge is 2.03. The van der Waals surface area contributed by atoms with Gasteiger partial charge in [-0.05, 0) is 18.9 Å². The van der Waals surface area contributed by atoms with Crippen molar-refractivity contribution in [3.63, 3.8) is 0 Å². The average Bonchev–Trinajstić information content (AvgIpc) is 2.06. The molecule has 0 spiro atoms. The van der Waals surface area contributed by atoms with Crippen LogP contribution in [0.25, 0.3) is 0 Å². The first-order chi connectivity index (χ1) is 5.74. The molecule has 1 atom stereocenters. The highest BCUT2D eigenvalue weighted by atomic mass is 16.3. The van der Waals surface area contributed by atoms with Crippen molar-refractivity contribution in [2.24, 2.45) is 0 Å². The Morgan fingerprint density at radius 3 is 2.50 bits per heavy atom. The van der Waals surface area contributed by atoms with Crippen molar-refractivity contribution in [1.82, 2.24) is 0 Å². The van der Waals surface area contributed by atoms with Gasteiger partial charge < -0.3 is 5.11 Å². The smallest absolute Gasteiger partial charge is 0.0824 e. The van der Waals surface area contributed by atoms with Crippen molar-refractivity contribution in [3.05, 3.63) is 48.0 Å². The van der Waals surface area contributed by atoms with Crippen LogP contribution in [0.2, 0.25) is 0 Å². The first kappa shape index (κ1) is 9.01. The van der Waals surface area contributed by atoms with Crippen LogP contribution in [-0.4, -0.2) is 5.11 Å². The largest absolute Gasteiger partial charge is 0.388 e. The second kappa shape index (κ2) is 4.07. The molecule has 0 aliphatic rings. The van der Waals surface area contributed by atoms with E-state index in [1.165, 1.54) is 5.56 Å². The fraction of sp³-hybridized carbons (Fsp3) is 0.273. The van der Waals surface area contributed by atoms with E-state index in [9.17, 15) is 5.11 Å². The molecule has 0 radical (unpaired) electrons. The van der Waals surface area contributed by atoms with Crippen molar-refractivity contribution >= 4 is 0 Å². The molecule has 0 saturated carbocycles. The van der Waals surface area contributed by atoms with Gasteiger partial charge in [-0.1, -0.05) is 35.9 Å². The third-order valence-electron chi connectivity index (χ3n) is 1.85. The van der Waals surface area contributed by atoms with Crippen LogP contribution in [0.5, 0.6) is 0 Å². The molecule has 64 valence electrons. The predicted octanol–water partition coefficient (Wildman–Crippen LogP) is 2.60. The molecule has 0 amide bonds. The fourth-order valence-electron chi connectivity index (χ4n) is 1.08. The molecule has 1 nitrogen and oxygen atoms in total. The van der Waals surface area contributed by atoms with E-state index in [1.54, 1.807) is 6.08 Å². The summed E-state index contributed by atoms with van der Waals surface area (Å²) in [4.78, 5) is 0. The first-order valence-electron chi connectivity index (χ1n) is 4.09. The minimum Gasteiger partial charge on any atom is -0.388 e. The Kier molecular flexibility index (Phi) is 3.06. The van der Waals surface area contributed by atoms with Gasteiger partial charge in [0.05, 0.1) is 6.10 Å². The standard InChI is InChI=1S/C11H14O/c1-3-4-11(12)10-7-5-9(2)6-8-10/h3,5-8,11-12H,1,4H2,2H3. The van der Waals surface area contributed by atoms with E-state index in [2.05, 4.69) is 6.58 Å². The summed E-state index contributed by atoms with van der Waals surface area (Å²) >= 11 is 0. The molecule has 0 heterocycles. The van der Waals surface area contributed by atoms with Gasteiger partial charge in [0.1, 0.15) is 0 Å². The van der Waals surface area contributed by atoms with Crippen LogP contribution in [-0.2, 0) is 0 Å². The Balaban J connectivity index is 2.74. The van der Waals surface area contributed by atoms with Gasteiger partial charge in [-0.25, -0.2) is 0 Å². The van der Waals surface area contributed by atoms with Crippen molar-refractivity contribution in [2.45, 2.75) is 19.4 Å². The lowest BCUT2D eigenvalue weighted by Gasteiger charge is -2.07. The van der Waals surface area contributed by atoms with Crippen LogP contribution in [0.3, 0.4) is 0 Å². The summed E-state index contributed by atoms with van der Waals surface area (Å²) in [5.41, 5.74) is 2.17. The molecule has 1 rings (SSSR count). The van der Waals surface area contributed by atoms with Crippen molar-refractivity contribution in [1.29, 1.82) is 0 Å². The Bertz CT molecular complexity index is 248. The summed E-state index contributed by atoms with van der Waals surface area (Å²) in [6.45, 7) is 5.62. The highest BCUT2D eigenvalue weighted by Crippen LogP contribution is 2.16. The number of aliphatic hydroxyl groups is 1. The molecular weight excluding hydrogens is 148 g/mol. The van der Waals surface area contributed by atoms with Gasteiger partial charge in [-0.2, -0.15) is 0 Å². The van der Waals surface area contributed by atoms with Gasteiger partial charge >= 0.3 is 0 Å². The summed E-state index contributed by atoms with van der Waals surface area (Å²) < 4.78 is 0. The van der Waals surface area contributed by atoms with Crippen LogP contribution in [0.4, 0.5) is 0 Å². The molecule has 0 bridgehead atoms. The lowest BCUT2D eigenvalue weighted by atomic mass is 10.1. The Morgan fingerprint density at radius 1 is 1.42 bits per heavy atom. The normalized spacial score (nSPS) is 12.5. The quantitative estimate of drug-likeness (QED) is 0.677. The van der Waals surface area contributed by atoms with Gasteiger partial charge in [0, 0.05) is 0 Å². The summed E-state index contributed by atoms with van der Waals surface area (Å²) in [6, 6.07) is 7.90. The second-order valence-corrected chi connectivity index (χ2v) is 2.95. The second-order valence-electron chi connectivity index (χ2n) is 2.95. The maximum atomic E-state index is 9.54. The molecule has 0 aliphatic heterocycles. The third kappa shape index (κ3) is 2.21. The predicted molar refractivity (Wildman–Crippen MR) is 51.0 cm³/mol. The maximum Gasteiger partial charge on any atom is 0.0824 e. The Hall–Kier alpha value is -1.08. The summed E-state index contributed by atoms with van der Waals surface area (Å²) in [5, 5.41) is 9.54. The molecule has 0 aliphatic carbocycles. The number of aliphatic hydroxyl groups excluding tert-OH is 1. The van der Waals surface area contributed by atoms with E-state index in [-0.39, 0.29) is 0 Å². The van der Waals surface area contributed by atoms with Gasteiger partial charge in [0.2, 0.25) is 0 Å². The molecule has 1 unspecified atom stereocenters. The van der Waals surface area contributed by atoms with E-state index in [0.717, 1.165) is 5.56 Å². The molecule has 1 N–H and O–H groups in total. The summed E-state index contributed by atoms with van der Waals surface area (Å²) in [7, 11) is 0. The van der Waals surface area contributed by atoms with Gasteiger partial charge in [0.15, 0.2) is 0 Å². The molecule has 1 heteroatoms. The lowest BCUT2D eigenvalue weighted by molar-refractivity contribution is 0.181. The SMILES string of the molecule is C=CCC(O)c1ccc(C)cc1. The monoisotopic (exact) mass is 162 g/mol. The van der Waals surface area contributed by atoms with E-state index < -0.39 is 6.10 Å². The molecule has 1 aromatic carbocycles. The molecular formula is C11H14O. The topological polar surface area (TPSA) is 20.2 Å². The zero-order valence-corrected chi connectivity index (χ0v) is 7.33. The van der Waals surface area contributed by atoms with Crippen LogP contribution < -0.4 is 0 Å². The maximum absolute atomic E-state index is 9.54. The molecule has 1 aromatic rings. The average molecular weight is 162 g/mol. The third-order valence-corrected chi connectivity index (χ3v) is 1.85. The molecule has 0 aromatic heterocycles. The van der Waals surface area contributed by atoms with E-state index in [1.807, 2.05) is 31.2 Å².